The third kappa shape index (κ3) is 2.73. The van der Waals surface area contributed by atoms with E-state index in [1.54, 1.807) is 14.2 Å². The number of ether oxygens (including phenoxy) is 2. The summed E-state index contributed by atoms with van der Waals surface area (Å²) in [5.74, 6) is 1.29. The number of nitrogens with zero attached hydrogens (tertiary/aromatic N) is 1. The van der Waals surface area contributed by atoms with Gasteiger partial charge in [0.1, 0.15) is 0 Å². The first-order valence-corrected chi connectivity index (χ1v) is 8.27. The Morgan fingerprint density at radius 2 is 1.62 bits per heavy atom. The SMILES string of the molecule is COc1ccc(N(C=O)C2(c3ccccc3)CCCC2)cc1OC. The molecule has 0 radical (unpaired) electrons. The van der Waals surface area contributed by atoms with E-state index in [2.05, 4.69) is 12.1 Å². The van der Waals surface area contributed by atoms with Crippen LogP contribution in [0.25, 0.3) is 0 Å². The molecule has 0 N–H and O–H groups in total. The summed E-state index contributed by atoms with van der Waals surface area (Å²) in [6, 6.07) is 15.9. The first kappa shape index (κ1) is 16.4. The maximum atomic E-state index is 12.1. The molecule has 1 aliphatic carbocycles. The zero-order chi connectivity index (χ0) is 17.0. The molecule has 0 bridgehead atoms. The predicted molar refractivity (Wildman–Crippen MR) is 94.7 cm³/mol. The van der Waals surface area contributed by atoms with E-state index in [0.29, 0.717) is 11.5 Å². The normalized spacial score (nSPS) is 15.8. The molecular formula is C20H23NO3. The fourth-order valence-electron chi connectivity index (χ4n) is 3.76. The molecule has 0 atom stereocenters. The third-order valence-electron chi connectivity index (χ3n) is 4.95. The molecule has 2 aromatic rings. The van der Waals surface area contributed by atoms with Gasteiger partial charge in [0.2, 0.25) is 6.41 Å². The lowest BCUT2D eigenvalue weighted by molar-refractivity contribution is -0.108. The number of methoxy groups -OCH3 is 2. The summed E-state index contributed by atoms with van der Waals surface area (Å²) in [5, 5.41) is 0. The highest BCUT2D eigenvalue weighted by Crippen LogP contribution is 2.46. The molecule has 24 heavy (non-hydrogen) atoms. The van der Waals surface area contributed by atoms with Gasteiger partial charge in [-0.3, -0.25) is 4.79 Å². The molecule has 4 heteroatoms. The van der Waals surface area contributed by atoms with Gasteiger partial charge in [0.05, 0.1) is 19.8 Å². The molecule has 126 valence electrons. The maximum absolute atomic E-state index is 12.1. The molecule has 0 aliphatic heterocycles. The van der Waals surface area contributed by atoms with E-state index in [9.17, 15) is 4.79 Å². The summed E-state index contributed by atoms with van der Waals surface area (Å²) in [7, 11) is 3.22. The fourth-order valence-corrected chi connectivity index (χ4v) is 3.76. The van der Waals surface area contributed by atoms with Crippen molar-refractivity contribution in [3.05, 3.63) is 54.1 Å². The molecule has 3 rings (SSSR count). The van der Waals surface area contributed by atoms with Gasteiger partial charge in [0, 0.05) is 11.8 Å². The van der Waals surface area contributed by atoms with E-state index < -0.39 is 0 Å². The van der Waals surface area contributed by atoms with Crippen molar-refractivity contribution < 1.29 is 14.3 Å². The molecular weight excluding hydrogens is 302 g/mol. The minimum absolute atomic E-state index is 0.289. The second-order valence-corrected chi connectivity index (χ2v) is 6.12. The largest absolute Gasteiger partial charge is 0.493 e. The van der Waals surface area contributed by atoms with Crippen molar-refractivity contribution in [2.75, 3.05) is 19.1 Å². The van der Waals surface area contributed by atoms with E-state index in [-0.39, 0.29) is 5.54 Å². The Kier molecular flexibility index (Phi) is 4.74. The van der Waals surface area contributed by atoms with Gasteiger partial charge in [-0.15, -0.1) is 0 Å². The zero-order valence-electron chi connectivity index (χ0n) is 14.2. The summed E-state index contributed by atoms with van der Waals surface area (Å²) in [6.45, 7) is 0. The van der Waals surface area contributed by atoms with Crippen molar-refractivity contribution in [2.24, 2.45) is 0 Å². The van der Waals surface area contributed by atoms with Crippen molar-refractivity contribution in [3.8, 4) is 11.5 Å². The van der Waals surface area contributed by atoms with Crippen molar-refractivity contribution >= 4 is 12.1 Å². The highest BCUT2D eigenvalue weighted by atomic mass is 16.5. The number of benzene rings is 2. The molecule has 4 nitrogen and oxygen atoms in total. The number of hydrogen-bond acceptors (Lipinski definition) is 3. The summed E-state index contributed by atoms with van der Waals surface area (Å²) >= 11 is 0. The molecule has 1 aliphatic rings. The second kappa shape index (κ2) is 6.95. The molecule has 0 spiro atoms. The average molecular weight is 325 g/mol. The molecule has 2 aromatic carbocycles. The molecule has 1 amide bonds. The minimum atomic E-state index is -0.289. The first-order chi connectivity index (χ1) is 11.7. The Bertz CT molecular complexity index is 693. The number of carbonyl (C=O) groups is 1. The molecule has 0 heterocycles. The van der Waals surface area contributed by atoms with Gasteiger partial charge in [-0.05, 0) is 30.5 Å². The van der Waals surface area contributed by atoms with Gasteiger partial charge in [0.15, 0.2) is 11.5 Å². The van der Waals surface area contributed by atoms with Crippen LogP contribution in [-0.2, 0) is 10.3 Å². The van der Waals surface area contributed by atoms with Crippen LogP contribution in [0.4, 0.5) is 5.69 Å². The predicted octanol–water partition coefficient (Wildman–Crippen LogP) is 4.14. The summed E-state index contributed by atoms with van der Waals surface area (Å²) < 4.78 is 10.7. The Morgan fingerprint density at radius 3 is 2.21 bits per heavy atom. The van der Waals surface area contributed by atoms with Crippen LogP contribution in [-0.4, -0.2) is 20.6 Å². The maximum Gasteiger partial charge on any atom is 0.214 e. The number of carbonyl (C=O) groups excluding carboxylic acids is 1. The smallest absolute Gasteiger partial charge is 0.214 e. The van der Waals surface area contributed by atoms with Crippen LogP contribution in [0, 0.1) is 0 Å². The van der Waals surface area contributed by atoms with Gasteiger partial charge in [-0.2, -0.15) is 0 Å². The lowest BCUT2D eigenvalue weighted by Gasteiger charge is -2.39. The monoisotopic (exact) mass is 325 g/mol. The first-order valence-electron chi connectivity index (χ1n) is 8.27. The topological polar surface area (TPSA) is 38.8 Å². The van der Waals surface area contributed by atoms with Crippen LogP contribution in [0.5, 0.6) is 11.5 Å². The van der Waals surface area contributed by atoms with E-state index >= 15 is 0 Å². The summed E-state index contributed by atoms with van der Waals surface area (Å²) in [6.07, 6.45) is 5.10. The Labute approximate surface area is 143 Å². The summed E-state index contributed by atoms with van der Waals surface area (Å²) in [5.41, 5.74) is 1.72. The molecule has 0 saturated heterocycles. The Morgan fingerprint density at radius 1 is 0.958 bits per heavy atom. The highest BCUT2D eigenvalue weighted by Gasteiger charge is 2.41. The third-order valence-corrected chi connectivity index (χ3v) is 4.95. The van der Waals surface area contributed by atoms with Crippen molar-refractivity contribution in [1.82, 2.24) is 0 Å². The van der Waals surface area contributed by atoms with Gasteiger partial charge < -0.3 is 14.4 Å². The highest BCUT2D eigenvalue weighted by molar-refractivity contribution is 5.79. The van der Waals surface area contributed by atoms with Gasteiger partial charge in [0.25, 0.3) is 0 Å². The zero-order valence-corrected chi connectivity index (χ0v) is 14.2. The molecule has 0 aromatic heterocycles. The van der Waals surface area contributed by atoms with Crippen molar-refractivity contribution in [3.63, 3.8) is 0 Å². The number of rotatable bonds is 6. The molecule has 1 fully saturated rings. The number of hydrogen-bond donors (Lipinski definition) is 0. The lowest BCUT2D eigenvalue weighted by Crippen LogP contribution is -2.43. The van der Waals surface area contributed by atoms with Crippen LogP contribution in [0.15, 0.2) is 48.5 Å². The van der Waals surface area contributed by atoms with Crippen LogP contribution in [0.2, 0.25) is 0 Å². The van der Waals surface area contributed by atoms with E-state index in [1.165, 1.54) is 5.56 Å². The Hall–Kier alpha value is -2.49. The number of amides is 1. The van der Waals surface area contributed by atoms with Crippen LogP contribution in [0.3, 0.4) is 0 Å². The van der Waals surface area contributed by atoms with Crippen LogP contribution >= 0.6 is 0 Å². The van der Waals surface area contributed by atoms with Crippen LogP contribution < -0.4 is 14.4 Å². The second-order valence-electron chi connectivity index (χ2n) is 6.12. The minimum Gasteiger partial charge on any atom is -0.493 e. The quantitative estimate of drug-likeness (QED) is 0.749. The molecule has 0 unspecified atom stereocenters. The van der Waals surface area contributed by atoms with Crippen LogP contribution in [0.1, 0.15) is 31.2 Å². The van der Waals surface area contributed by atoms with Gasteiger partial charge >= 0.3 is 0 Å². The number of anilines is 1. The standard InChI is InChI=1S/C20H23NO3/c1-23-18-11-10-17(14-19(18)24-2)21(15-22)20(12-6-7-13-20)16-8-4-3-5-9-16/h3-5,8-11,14-15H,6-7,12-13H2,1-2H3. The van der Waals surface area contributed by atoms with Crippen molar-refractivity contribution in [1.29, 1.82) is 0 Å². The summed E-state index contributed by atoms with van der Waals surface area (Å²) in [4.78, 5) is 13.9. The average Bonchev–Trinajstić information content (AvgIpc) is 3.13. The lowest BCUT2D eigenvalue weighted by atomic mass is 9.86. The van der Waals surface area contributed by atoms with Gasteiger partial charge in [-0.25, -0.2) is 0 Å². The van der Waals surface area contributed by atoms with E-state index in [0.717, 1.165) is 37.8 Å². The fraction of sp³-hybridized carbons (Fsp3) is 0.350. The van der Waals surface area contributed by atoms with Gasteiger partial charge in [-0.1, -0.05) is 43.2 Å². The molecule has 1 saturated carbocycles. The van der Waals surface area contributed by atoms with E-state index in [4.69, 9.17) is 9.47 Å². The van der Waals surface area contributed by atoms with E-state index in [1.807, 2.05) is 41.3 Å². The van der Waals surface area contributed by atoms with Crippen molar-refractivity contribution in [2.45, 2.75) is 31.2 Å². The Balaban J connectivity index is 2.08.